The van der Waals surface area contributed by atoms with E-state index in [2.05, 4.69) is 15.5 Å². The first-order valence-electron chi connectivity index (χ1n) is 9.13. The molecule has 2 heterocycles. The van der Waals surface area contributed by atoms with Crippen molar-refractivity contribution in [2.75, 3.05) is 18.4 Å². The number of carbonyl (C=O) groups is 3. The summed E-state index contributed by atoms with van der Waals surface area (Å²) in [4.78, 5) is 41.3. The zero-order chi connectivity index (χ0) is 20.1. The molecule has 148 valence electrons. The molecule has 0 aliphatic carbocycles. The van der Waals surface area contributed by atoms with Gasteiger partial charge in [0, 0.05) is 37.2 Å². The smallest absolute Gasteiger partial charge is 0.306 e. The lowest BCUT2D eigenvalue weighted by atomic mass is 9.96. The van der Waals surface area contributed by atoms with Gasteiger partial charge in [-0.3, -0.25) is 14.4 Å². The fraction of sp³-hybridized carbons (Fsp3) is 0.421. The van der Waals surface area contributed by atoms with Crippen LogP contribution in [0.1, 0.15) is 41.3 Å². The van der Waals surface area contributed by atoms with E-state index in [9.17, 15) is 14.4 Å². The van der Waals surface area contributed by atoms with Crippen LogP contribution in [0.2, 0.25) is 0 Å². The largest absolute Gasteiger partial charge is 0.481 e. The number of aromatic nitrogens is 2. The number of nitrogens with one attached hydrogen (secondary N) is 1. The third-order valence-electron chi connectivity index (χ3n) is 4.68. The van der Waals surface area contributed by atoms with Crippen molar-refractivity contribution in [3.8, 4) is 0 Å². The van der Waals surface area contributed by atoms with Gasteiger partial charge in [-0.2, -0.15) is 4.98 Å². The molecule has 0 unspecified atom stereocenters. The number of aliphatic carboxylic acids is 1. The first kappa shape index (κ1) is 19.5. The Morgan fingerprint density at radius 1 is 1.21 bits per heavy atom. The van der Waals surface area contributed by atoms with Crippen molar-refractivity contribution in [3.05, 3.63) is 41.5 Å². The number of hydrogen-bond acceptors (Lipinski definition) is 6. The standard InChI is InChI=1S/C19H22N4O5/c1-12-20-17(28-22-12)7-6-16(24)21-15-4-2-13(3-5-15)18(25)23-10-8-14(9-11-23)19(26)27/h2-5,14H,6-11H2,1H3,(H,21,24)(H,26,27). The number of anilines is 1. The van der Waals surface area contributed by atoms with Crippen molar-refractivity contribution >= 4 is 23.5 Å². The van der Waals surface area contributed by atoms with Gasteiger partial charge in [-0.1, -0.05) is 5.16 Å². The van der Waals surface area contributed by atoms with Crippen LogP contribution in [0.3, 0.4) is 0 Å². The molecule has 0 bridgehead atoms. The van der Waals surface area contributed by atoms with E-state index in [0.717, 1.165) is 0 Å². The second-order valence-corrected chi connectivity index (χ2v) is 6.77. The molecule has 1 fully saturated rings. The minimum atomic E-state index is -0.804. The van der Waals surface area contributed by atoms with Crippen LogP contribution in [0.15, 0.2) is 28.8 Å². The Balaban J connectivity index is 1.49. The Morgan fingerprint density at radius 3 is 2.46 bits per heavy atom. The van der Waals surface area contributed by atoms with Gasteiger partial charge in [0.05, 0.1) is 5.92 Å². The third-order valence-corrected chi connectivity index (χ3v) is 4.68. The maximum Gasteiger partial charge on any atom is 0.306 e. The van der Waals surface area contributed by atoms with Crippen LogP contribution in [0.4, 0.5) is 5.69 Å². The third kappa shape index (κ3) is 4.93. The Hall–Kier alpha value is -3.23. The number of rotatable bonds is 6. The highest BCUT2D eigenvalue weighted by molar-refractivity contribution is 5.96. The van der Waals surface area contributed by atoms with Crippen molar-refractivity contribution in [3.63, 3.8) is 0 Å². The fourth-order valence-electron chi connectivity index (χ4n) is 3.09. The van der Waals surface area contributed by atoms with E-state index in [0.29, 0.717) is 55.3 Å². The molecule has 1 aromatic heterocycles. The summed E-state index contributed by atoms with van der Waals surface area (Å²) in [6.07, 6.45) is 1.50. The molecule has 0 atom stereocenters. The van der Waals surface area contributed by atoms with Gasteiger partial charge >= 0.3 is 5.97 Å². The highest BCUT2D eigenvalue weighted by atomic mass is 16.5. The van der Waals surface area contributed by atoms with Gasteiger partial charge in [0.1, 0.15) is 0 Å². The van der Waals surface area contributed by atoms with Gasteiger partial charge in [0.2, 0.25) is 11.8 Å². The summed E-state index contributed by atoms with van der Waals surface area (Å²) in [6.45, 7) is 2.58. The van der Waals surface area contributed by atoms with Crippen LogP contribution in [-0.4, -0.2) is 51.0 Å². The minimum absolute atomic E-state index is 0.131. The fourth-order valence-corrected chi connectivity index (χ4v) is 3.09. The van der Waals surface area contributed by atoms with Gasteiger partial charge in [0.25, 0.3) is 5.91 Å². The Morgan fingerprint density at radius 2 is 1.89 bits per heavy atom. The number of carboxylic acids is 1. The summed E-state index contributed by atoms with van der Waals surface area (Å²) in [6, 6.07) is 6.66. The average Bonchev–Trinajstić information content (AvgIpc) is 3.12. The van der Waals surface area contributed by atoms with Crippen LogP contribution in [0.5, 0.6) is 0 Å². The predicted octanol–water partition coefficient (Wildman–Crippen LogP) is 1.89. The molecule has 9 nitrogen and oxygen atoms in total. The quantitative estimate of drug-likeness (QED) is 0.776. The maximum atomic E-state index is 12.5. The molecule has 1 aliphatic heterocycles. The number of nitrogens with zero attached hydrogens (tertiary/aromatic N) is 3. The number of likely N-dealkylation sites (tertiary alicyclic amines) is 1. The molecular formula is C19H22N4O5. The summed E-state index contributed by atoms with van der Waals surface area (Å²) >= 11 is 0. The van der Waals surface area contributed by atoms with Gasteiger partial charge < -0.3 is 19.8 Å². The lowest BCUT2D eigenvalue weighted by molar-refractivity contribution is -0.143. The molecule has 0 spiro atoms. The van der Waals surface area contributed by atoms with Gasteiger partial charge in [-0.15, -0.1) is 0 Å². The number of hydrogen-bond donors (Lipinski definition) is 2. The molecule has 0 saturated carbocycles. The zero-order valence-electron chi connectivity index (χ0n) is 15.6. The lowest BCUT2D eigenvalue weighted by Crippen LogP contribution is -2.40. The van der Waals surface area contributed by atoms with Crippen molar-refractivity contribution in [1.29, 1.82) is 0 Å². The lowest BCUT2D eigenvalue weighted by Gasteiger charge is -2.30. The Bertz CT molecular complexity index is 853. The van der Waals surface area contributed by atoms with Crippen molar-refractivity contribution in [2.24, 2.45) is 5.92 Å². The van der Waals surface area contributed by atoms with E-state index in [1.54, 1.807) is 36.1 Å². The number of amides is 2. The van der Waals surface area contributed by atoms with Gasteiger partial charge in [-0.25, -0.2) is 0 Å². The zero-order valence-corrected chi connectivity index (χ0v) is 15.6. The number of aryl methyl sites for hydroxylation is 2. The van der Waals surface area contributed by atoms with Crippen molar-refractivity contribution < 1.29 is 24.0 Å². The molecule has 1 saturated heterocycles. The second-order valence-electron chi connectivity index (χ2n) is 6.77. The van der Waals surface area contributed by atoms with Crippen molar-refractivity contribution in [2.45, 2.75) is 32.6 Å². The van der Waals surface area contributed by atoms with E-state index in [1.807, 2.05) is 0 Å². The molecule has 28 heavy (non-hydrogen) atoms. The van der Waals surface area contributed by atoms with E-state index >= 15 is 0 Å². The second kappa shape index (κ2) is 8.64. The molecule has 3 rings (SSSR count). The summed E-state index contributed by atoms with van der Waals surface area (Å²) in [7, 11) is 0. The van der Waals surface area contributed by atoms with E-state index in [1.165, 1.54) is 0 Å². The maximum absolute atomic E-state index is 12.5. The summed E-state index contributed by atoms with van der Waals surface area (Å²) in [5.41, 5.74) is 1.10. The van der Waals surface area contributed by atoms with E-state index in [4.69, 9.17) is 9.63 Å². The molecule has 2 amide bonds. The molecule has 0 radical (unpaired) electrons. The monoisotopic (exact) mass is 386 g/mol. The van der Waals surface area contributed by atoms with Gasteiger partial charge in [-0.05, 0) is 44.0 Å². The van der Waals surface area contributed by atoms with Crippen LogP contribution >= 0.6 is 0 Å². The summed E-state index contributed by atoms with van der Waals surface area (Å²) in [5.74, 6) is -0.554. The topological polar surface area (TPSA) is 126 Å². The van der Waals surface area contributed by atoms with Crippen molar-refractivity contribution in [1.82, 2.24) is 15.0 Å². The number of carbonyl (C=O) groups excluding carboxylic acids is 2. The first-order valence-corrected chi connectivity index (χ1v) is 9.13. The first-order chi connectivity index (χ1) is 13.4. The normalized spacial score (nSPS) is 14.7. The molecule has 9 heteroatoms. The van der Waals surface area contributed by atoms with E-state index < -0.39 is 5.97 Å². The predicted molar refractivity (Wildman–Crippen MR) is 98.7 cm³/mol. The molecular weight excluding hydrogens is 364 g/mol. The Kier molecular flexibility index (Phi) is 6.03. The number of benzene rings is 1. The molecule has 1 aromatic carbocycles. The van der Waals surface area contributed by atoms with Crippen LogP contribution in [0, 0.1) is 12.8 Å². The molecule has 2 N–H and O–H groups in total. The summed E-state index contributed by atoms with van der Waals surface area (Å²) in [5, 5.41) is 15.5. The van der Waals surface area contributed by atoms with E-state index in [-0.39, 0.29) is 24.2 Å². The SMILES string of the molecule is Cc1noc(CCC(=O)Nc2ccc(C(=O)N3CCC(C(=O)O)CC3)cc2)n1. The molecule has 2 aromatic rings. The number of carboxylic acid groups (broad SMARTS) is 1. The minimum Gasteiger partial charge on any atom is -0.481 e. The van der Waals surface area contributed by atoms with Crippen LogP contribution in [0.25, 0.3) is 0 Å². The molecule has 1 aliphatic rings. The number of piperidine rings is 1. The highest BCUT2D eigenvalue weighted by Crippen LogP contribution is 2.20. The Labute approximate surface area is 161 Å². The summed E-state index contributed by atoms with van der Waals surface area (Å²) < 4.78 is 4.97. The average molecular weight is 386 g/mol. The highest BCUT2D eigenvalue weighted by Gasteiger charge is 2.27. The van der Waals surface area contributed by atoms with Crippen LogP contribution in [-0.2, 0) is 16.0 Å². The van der Waals surface area contributed by atoms with Crippen LogP contribution < -0.4 is 5.32 Å². The van der Waals surface area contributed by atoms with Gasteiger partial charge in [0.15, 0.2) is 5.82 Å².